The van der Waals surface area contributed by atoms with Crippen LogP contribution in [0.5, 0.6) is 0 Å². The lowest BCUT2D eigenvalue weighted by molar-refractivity contribution is 0.184. The fraction of sp³-hybridized carbons (Fsp3) is 0.231. The Hall–Kier alpha value is -2.96. The van der Waals surface area contributed by atoms with E-state index in [0.717, 1.165) is 28.8 Å². The van der Waals surface area contributed by atoms with Crippen LogP contribution in [0.4, 0.5) is 13.2 Å². The summed E-state index contributed by atoms with van der Waals surface area (Å²) in [5.41, 5.74) is 2.91. The molecule has 0 radical (unpaired) electrons. The SMILES string of the molecule is COCc1cnc(CCc2ccc3c(F)c(CCc4cc(F)c(Cl)c(F)c4)ccc3c2)nc1. The van der Waals surface area contributed by atoms with E-state index < -0.39 is 16.7 Å². The van der Waals surface area contributed by atoms with Gasteiger partial charge in [-0.05, 0) is 53.5 Å². The smallest absolute Gasteiger partial charge is 0.145 e. The molecule has 0 aliphatic rings. The number of aromatic nitrogens is 2. The zero-order chi connectivity index (χ0) is 23.4. The number of nitrogens with zero attached hydrogens (tertiary/aromatic N) is 2. The van der Waals surface area contributed by atoms with E-state index in [-0.39, 0.29) is 5.82 Å². The van der Waals surface area contributed by atoms with E-state index in [1.54, 1.807) is 31.6 Å². The second-order valence-electron chi connectivity index (χ2n) is 7.91. The first kappa shape index (κ1) is 23.2. The molecule has 0 amide bonds. The van der Waals surface area contributed by atoms with Gasteiger partial charge in [-0.25, -0.2) is 23.1 Å². The predicted octanol–water partition coefficient (Wildman–Crippen LogP) is 6.42. The van der Waals surface area contributed by atoms with Crippen LogP contribution in [0.15, 0.2) is 54.9 Å². The standard InChI is InChI=1S/C26H22ClF3N2O/c1-33-15-18-13-31-24(32-14-18)9-4-16-3-8-21-20(10-16)7-6-19(26(21)30)5-2-17-11-22(28)25(27)23(29)12-17/h3,6-8,10-14H,2,4-5,9,15H2,1H3. The average molecular weight is 471 g/mol. The highest BCUT2D eigenvalue weighted by Crippen LogP contribution is 2.25. The van der Waals surface area contributed by atoms with Crippen molar-refractivity contribution in [2.75, 3.05) is 7.11 Å². The van der Waals surface area contributed by atoms with Gasteiger partial charge in [0.05, 0.1) is 6.61 Å². The van der Waals surface area contributed by atoms with Crippen molar-refractivity contribution in [3.05, 3.63) is 105 Å². The van der Waals surface area contributed by atoms with E-state index in [1.807, 2.05) is 18.2 Å². The normalized spacial score (nSPS) is 11.3. The number of hydrogen-bond donors (Lipinski definition) is 0. The van der Waals surface area contributed by atoms with Gasteiger partial charge in [-0.2, -0.15) is 0 Å². The quantitative estimate of drug-likeness (QED) is 0.279. The Morgan fingerprint density at radius 2 is 1.48 bits per heavy atom. The number of ether oxygens (including phenoxy) is 1. The lowest BCUT2D eigenvalue weighted by Crippen LogP contribution is -2.00. The van der Waals surface area contributed by atoms with Crippen LogP contribution in [0.3, 0.4) is 0 Å². The van der Waals surface area contributed by atoms with E-state index in [1.165, 1.54) is 12.1 Å². The van der Waals surface area contributed by atoms with Gasteiger partial charge in [0.15, 0.2) is 0 Å². The van der Waals surface area contributed by atoms with Crippen LogP contribution >= 0.6 is 11.6 Å². The molecule has 0 saturated heterocycles. The van der Waals surface area contributed by atoms with Crippen LogP contribution in [-0.2, 0) is 37.0 Å². The van der Waals surface area contributed by atoms with Gasteiger partial charge in [0.1, 0.15) is 28.3 Å². The lowest BCUT2D eigenvalue weighted by atomic mass is 9.98. The Labute approximate surface area is 195 Å². The molecule has 0 fully saturated rings. The zero-order valence-electron chi connectivity index (χ0n) is 18.0. The first-order valence-corrected chi connectivity index (χ1v) is 10.9. The number of methoxy groups -OCH3 is 1. The Kier molecular flexibility index (Phi) is 7.26. The molecule has 0 saturated carbocycles. The highest BCUT2D eigenvalue weighted by molar-refractivity contribution is 6.30. The molecule has 0 atom stereocenters. The van der Waals surface area contributed by atoms with Crippen molar-refractivity contribution in [1.29, 1.82) is 0 Å². The summed E-state index contributed by atoms with van der Waals surface area (Å²) < 4.78 is 47.4. The van der Waals surface area contributed by atoms with Crippen LogP contribution in [0, 0.1) is 17.5 Å². The molecular weight excluding hydrogens is 449 g/mol. The monoisotopic (exact) mass is 470 g/mol. The zero-order valence-corrected chi connectivity index (χ0v) is 18.8. The predicted molar refractivity (Wildman–Crippen MR) is 123 cm³/mol. The van der Waals surface area contributed by atoms with E-state index in [4.69, 9.17) is 16.3 Å². The highest BCUT2D eigenvalue weighted by Gasteiger charge is 2.12. The summed E-state index contributed by atoms with van der Waals surface area (Å²) in [7, 11) is 1.63. The summed E-state index contributed by atoms with van der Waals surface area (Å²) in [6.07, 6.45) is 5.55. The minimum atomic E-state index is -0.811. The summed E-state index contributed by atoms with van der Waals surface area (Å²) in [6.45, 7) is 0.478. The maximum absolute atomic E-state index is 15.1. The van der Waals surface area contributed by atoms with Crippen LogP contribution in [-0.4, -0.2) is 17.1 Å². The minimum absolute atomic E-state index is 0.300. The summed E-state index contributed by atoms with van der Waals surface area (Å²) in [4.78, 5) is 8.71. The van der Waals surface area contributed by atoms with Gasteiger partial charge in [-0.1, -0.05) is 41.9 Å². The number of aryl methyl sites for hydroxylation is 4. The molecule has 0 N–H and O–H groups in total. The number of benzene rings is 3. The van der Waals surface area contributed by atoms with Crippen molar-refractivity contribution in [2.45, 2.75) is 32.3 Å². The number of fused-ring (bicyclic) bond motifs is 1. The van der Waals surface area contributed by atoms with Crippen molar-refractivity contribution in [3.63, 3.8) is 0 Å². The van der Waals surface area contributed by atoms with Gasteiger partial charge in [-0.3, -0.25) is 0 Å². The molecule has 0 bridgehead atoms. The molecule has 170 valence electrons. The molecule has 0 aliphatic carbocycles. The summed E-state index contributed by atoms with van der Waals surface area (Å²) in [5, 5.41) is 0.791. The van der Waals surface area contributed by atoms with Gasteiger partial charge in [-0.15, -0.1) is 0 Å². The third-order valence-electron chi connectivity index (χ3n) is 5.53. The van der Waals surface area contributed by atoms with Crippen LogP contribution in [0.2, 0.25) is 5.02 Å². The average Bonchev–Trinajstić information content (AvgIpc) is 2.82. The Balaban J connectivity index is 1.44. The first-order chi connectivity index (χ1) is 15.9. The van der Waals surface area contributed by atoms with E-state index in [0.29, 0.717) is 42.4 Å². The summed E-state index contributed by atoms with van der Waals surface area (Å²) in [6, 6.07) is 11.6. The van der Waals surface area contributed by atoms with Gasteiger partial charge >= 0.3 is 0 Å². The lowest BCUT2D eigenvalue weighted by Gasteiger charge is -2.09. The Morgan fingerprint density at radius 3 is 2.18 bits per heavy atom. The molecule has 3 aromatic carbocycles. The fourth-order valence-electron chi connectivity index (χ4n) is 3.77. The molecule has 0 spiro atoms. The van der Waals surface area contributed by atoms with Gasteiger partial charge < -0.3 is 4.74 Å². The molecule has 1 aromatic heterocycles. The van der Waals surface area contributed by atoms with Crippen molar-refractivity contribution in [3.8, 4) is 0 Å². The molecule has 4 rings (SSSR count). The van der Waals surface area contributed by atoms with E-state index >= 15 is 4.39 Å². The number of halogens is 4. The second kappa shape index (κ2) is 10.3. The largest absolute Gasteiger partial charge is 0.380 e. The van der Waals surface area contributed by atoms with E-state index in [9.17, 15) is 8.78 Å². The van der Waals surface area contributed by atoms with Crippen LogP contribution < -0.4 is 0 Å². The summed E-state index contributed by atoms with van der Waals surface area (Å²) >= 11 is 5.52. The minimum Gasteiger partial charge on any atom is -0.380 e. The number of hydrogen-bond acceptors (Lipinski definition) is 3. The molecule has 1 heterocycles. The van der Waals surface area contributed by atoms with E-state index in [2.05, 4.69) is 9.97 Å². The molecule has 33 heavy (non-hydrogen) atoms. The third kappa shape index (κ3) is 5.52. The molecule has 4 aromatic rings. The molecule has 7 heteroatoms. The second-order valence-corrected chi connectivity index (χ2v) is 8.29. The van der Waals surface area contributed by atoms with Crippen molar-refractivity contribution >= 4 is 22.4 Å². The maximum atomic E-state index is 15.1. The highest BCUT2D eigenvalue weighted by atomic mass is 35.5. The molecular formula is C26H22ClF3N2O. The fourth-order valence-corrected chi connectivity index (χ4v) is 3.88. The van der Waals surface area contributed by atoms with Crippen LogP contribution in [0.1, 0.15) is 28.1 Å². The van der Waals surface area contributed by atoms with Gasteiger partial charge in [0, 0.05) is 36.9 Å². The van der Waals surface area contributed by atoms with Crippen molar-refractivity contribution in [1.82, 2.24) is 9.97 Å². The Bertz CT molecular complexity index is 1260. The van der Waals surface area contributed by atoms with Crippen molar-refractivity contribution in [2.24, 2.45) is 0 Å². The molecule has 3 nitrogen and oxygen atoms in total. The topological polar surface area (TPSA) is 35.0 Å². The maximum Gasteiger partial charge on any atom is 0.145 e. The van der Waals surface area contributed by atoms with Gasteiger partial charge in [0.25, 0.3) is 0 Å². The van der Waals surface area contributed by atoms with Gasteiger partial charge in [0.2, 0.25) is 0 Å². The van der Waals surface area contributed by atoms with Crippen LogP contribution in [0.25, 0.3) is 10.8 Å². The molecule has 0 aliphatic heterocycles. The Morgan fingerprint density at radius 1 is 0.788 bits per heavy atom. The third-order valence-corrected chi connectivity index (χ3v) is 5.89. The molecule has 0 unspecified atom stereocenters. The van der Waals surface area contributed by atoms with Crippen molar-refractivity contribution < 1.29 is 17.9 Å². The number of rotatable bonds is 8. The first-order valence-electron chi connectivity index (χ1n) is 10.6. The summed E-state index contributed by atoms with van der Waals surface area (Å²) in [5.74, 6) is -1.19.